The first kappa shape index (κ1) is 21.7. The number of ether oxygens (including phenoxy) is 1. The molecule has 0 radical (unpaired) electrons. The number of carbonyl (C=O) groups is 1. The maximum atomic E-state index is 12.4. The summed E-state index contributed by atoms with van der Waals surface area (Å²) in [5.41, 5.74) is 1.03. The molecule has 1 fully saturated rings. The lowest BCUT2D eigenvalue weighted by atomic mass is 10.1. The van der Waals surface area contributed by atoms with Crippen molar-refractivity contribution in [2.24, 2.45) is 0 Å². The van der Waals surface area contributed by atoms with E-state index in [-0.39, 0.29) is 18.9 Å². The van der Waals surface area contributed by atoms with Gasteiger partial charge in [0.15, 0.2) is 0 Å². The van der Waals surface area contributed by atoms with Crippen molar-refractivity contribution < 1.29 is 17.9 Å². The molecule has 8 heteroatoms. The normalized spacial score (nSPS) is 15.9. The average Bonchev–Trinajstić information content (AvgIpc) is 2.67. The second kappa shape index (κ2) is 10.1. The molecule has 1 amide bonds. The highest BCUT2D eigenvalue weighted by atomic mass is 32.2. The summed E-state index contributed by atoms with van der Waals surface area (Å²) >= 11 is 0. The predicted molar refractivity (Wildman–Crippen MR) is 106 cm³/mol. The first-order valence-corrected chi connectivity index (χ1v) is 11.3. The molecule has 1 aromatic carbocycles. The summed E-state index contributed by atoms with van der Waals surface area (Å²) in [5, 5.41) is 0. The molecule has 0 aromatic heterocycles. The van der Waals surface area contributed by atoms with Crippen molar-refractivity contribution in [3.8, 4) is 5.75 Å². The van der Waals surface area contributed by atoms with Crippen LogP contribution in [-0.4, -0.2) is 87.6 Å². The van der Waals surface area contributed by atoms with E-state index in [1.807, 2.05) is 29.2 Å². The highest BCUT2D eigenvalue weighted by molar-refractivity contribution is 7.88. The summed E-state index contributed by atoms with van der Waals surface area (Å²) in [6, 6.07) is 7.58. The first-order chi connectivity index (χ1) is 12.8. The van der Waals surface area contributed by atoms with Gasteiger partial charge in [-0.2, -0.15) is 0 Å². The molecule has 7 nitrogen and oxygen atoms in total. The van der Waals surface area contributed by atoms with Gasteiger partial charge in [-0.15, -0.1) is 0 Å². The number of benzene rings is 1. The monoisotopic (exact) mass is 397 g/mol. The Morgan fingerprint density at radius 2 is 1.74 bits per heavy atom. The van der Waals surface area contributed by atoms with Crippen LogP contribution in [0.15, 0.2) is 24.3 Å². The van der Waals surface area contributed by atoms with Gasteiger partial charge in [0.2, 0.25) is 15.9 Å². The number of sulfonamides is 1. The lowest BCUT2D eigenvalue weighted by Gasteiger charge is -2.34. The van der Waals surface area contributed by atoms with Crippen LogP contribution in [0.25, 0.3) is 0 Å². The zero-order chi connectivity index (χ0) is 19.9. The number of carbonyl (C=O) groups excluding carboxylic acids is 1. The van der Waals surface area contributed by atoms with Gasteiger partial charge in [0, 0.05) is 45.7 Å². The molecule has 1 aliphatic heterocycles. The Bertz CT molecular complexity index is 698. The second-order valence-electron chi connectivity index (χ2n) is 6.83. The smallest absolute Gasteiger partial charge is 0.223 e. The Morgan fingerprint density at radius 3 is 2.26 bits per heavy atom. The number of likely N-dealkylation sites (N-methyl/N-ethyl adjacent to an activating group) is 1. The molecule has 152 valence electrons. The molecule has 0 N–H and O–H groups in total. The third-order valence-corrected chi connectivity index (χ3v) is 6.33. The SMILES string of the molecule is CCN1CCN(C(=O)CCN(CCc2ccc(OC)cc2)S(C)(=O)=O)CC1. The molecule has 0 bridgehead atoms. The lowest BCUT2D eigenvalue weighted by molar-refractivity contribution is -0.133. The average molecular weight is 398 g/mol. The number of rotatable bonds is 9. The Morgan fingerprint density at radius 1 is 1.11 bits per heavy atom. The van der Waals surface area contributed by atoms with Crippen LogP contribution in [-0.2, 0) is 21.2 Å². The number of hydrogen-bond acceptors (Lipinski definition) is 5. The summed E-state index contributed by atoms with van der Waals surface area (Å²) in [5.74, 6) is 0.802. The Hall–Kier alpha value is -1.64. The lowest BCUT2D eigenvalue weighted by Crippen LogP contribution is -2.49. The number of methoxy groups -OCH3 is 1. The molecule has 0 aliphatic carbocycles. The minimum Gasteiger partial charge on any atom is -0.497 e. The van der Waals surface area contributed by atoms with E-state index in [0.717, 1.165) is 44.0 Å². The third kappa shape index (κ3) is 6.79. The van der Waals surface area contributed by atoms with E-state index in [0.29, 0.717) is 13.0 Å². The third-order valence-electron chi connectivity index (χ3n) is 5.03. The number of hydrogen-bond donors (Lipinski definition) is 0. The topological polar surface area (TPSA) is 70.2 Å². The van der Waals surface area contributed by atoms with E-state index in [9.17, 15) is 13.2 Å². The summed E-state index contributed by atoms with van der Waals surface area (Å²) < 4.78 is 30.7. The van der Waals surface area contributed by atoms with Gasteiger partial charge in [0.1, 0.15) is 5.75 Å². The van der Waals surface area contributed by atoms with Crippen LogP contribution in [0.2, 0.25) is 0 Å². The molecule has 0 spiro atoms. The van der Waals surface area contributed by atoms with Crippen molar-refractivity contribution in [3.63, 3.8) is 0 Å². The van der Waals surface area contributed by atoms with Crippen molar-refractivity contribution in [1.82, 2.24) is 14.1 Å². The van der Waals surface area contributed by atoms with Gasteiger partial charge in [-0.1, -0.05) is 19.1 Å². The summed E-state index contributed by atoms with van der Waals surface area (Å²) in [4.78, 5) is 16.6. The van der Waals surface area contributed by atoms with Gasteiger partial charge >= 0.3 is 0 Å². The molecule has 1 aliphatic rings. The van der Waals surface area contributed by atoms with E-state index in [2.05, 4.69) is 11.8 Å². The maximum absolute atomic E-state index is 12.4. The molecule has 1 heterocycles. The summed E-state index contributed by atoms with van der Waals surface area (Å²) in [7, 11) is -1.75. The van der Waals surface area contributed by atoms with Gasteiger partial charge in [-0.3, -0.25) is 4.79 Å². The van der Waals surface area contributed by atoms with Crippen molar-refractivity contribution in [3.05, 3.63) is 29.8 Å². The van der Waals surface area contributed by atoms with Crippen molar-refractivity contribution in [2.45, 2.75) is 19.8 Å². The summed E-state index contributed by atoms with van der Waals surface area (Å²) in [6.45, 7) is 6.91. The van der Waals surface area contributed by atoms with E-state index >= 15 is 0 Å². The van der Waals surface area contributed by atoms with Crippen molar-refractivity contribution >= 4 is 15.9 Å². The molecule has 0 unspecified atom stereocenters. The van der Waals surface area contributed by atoms with Crippen LogP contribution in [0.4, 0.5) is 0 Å². The van der Waals surface area contributed by atoms with Gasteiger partial charge < -0.3 is 14.5 Å². The standard InChI is InChI=1S/C19H31N3O4S/c1-4-20-13-15-21(16-14-20)19(23)10-12-22(27(3,24)25)11-9-17-5-7-18(26-2)8-6-17/h5-8H,4,9-16H2,1-3H3. The summed E-state index contributed by atoms with van der Waals surface area (Å²) in [6.07, 6.45) is 2.02. The maximum Gasteiger partial charge on any atom is 0.223 e. The van der Waals surface area contributed by atoms with Gasteiger partial charge in [-0.25, -0.2) is 12.7 Å². The molecular weight excluding hydrogens is 366 g/mol. The fourth-order valence-electron chi connectivity index (χ4n) is 3.18. The predicted octanol–water partition coefficient (Wildman–Crippen LogP) is 1.05. The number of amides is 1. The Labute approximate surface area is 162 Å². The fourth-order valence-corrected chi connectivity index (χ4v) is 4.03. The quantitative estimate of drug-likeness (QED) is 0.623. The Balaban J connectivity index is 1.86. The molecule has 1 saturated heterocycles. The molecule has 2 rings (SSSR count). The zero-order valence-corrected chi connectivity index (χ0v) is 17.4. The van der Waals surface area contributed by atoms with E-state index in [1.54, 1.807) is 7.11 Å². The van der Waals surface area contributed by atoms with E-state index in [4.69, 9.17) is 4.74 Å². The van der Waals surface area contributed by atoms with Crippen LogP contribution in [0.5, 0.6) is 5.75 Å². The van der Waals surface area contributed by atoms with Crippen LogP contribution in [0, 0.1) is 0 Å². The van der Waals surface area contributed by atoms with Gasteiger partial charge in [0.05, 0.1) is 13.4 Å². The molecule has 0 saturated carbocycles. The molecular formula is C19H31N3O4S. The molecule has 0 atom stereocenters. The Kier molecular flexibility index (Phi) is 8.07. The number of nitrogens with zero attached hydrogens (tertiary/aromatic N) is 3. The van der Waals surface area contributed by atoms with Gasteiger partial charge in [-0.05, 0) is 30.7 Å². The van der Waals surface area contributed by atoms with Crippen LogP contribution in [0.3, 0.4) is 0 Å². The minimum atomic E-state index is -3.36. The fraction of sp³-hybridized carbons (Fsp3) is 0.632. The minimum absolute atomic E-state index is 0.0313. The van der Waals surface area contributed by atoms with E-state index < -0.39 is 10.0 Å². The largest absolute Gasteiger partial charge is 0.497 e. The van der Waals surface area contributed by atoms with Crippen LogP contribution >= 0.6 is 0 Å². The van der Waals surface area contributed by atoms with E-state index in [1.165, 1.54) is 10.6 Å². The van der Waals surface area contributed by atoms with Gasteiger partial charge in [0.25, 0.3) is 0 Å². The highest BCUT2D eigenvalue weighted by Gasteiger charge is 2.23. The highest BCUT2D eigenvalue weighted by Crippen LogP contribution is 2.13. The zero-order valence-electron chi connectivity index (χ0n) is 16.6. The number of piperazine rings is 1. The van der Waals surface area contributed by atoms with Crippen molar-refractivity contribution in [1.29, 1.82) is 0 Å². The first-order valence-electron chi connectivity index (χ1n) is 9.41. The second-order valence-corrected chi connectivity index (χ2v) is 8.81. The van der Waals surface area contributed by atoms with Crippen molar-refractivity contribution in [2.75, 3.05) is 59.2 Å². The van der Waals surface area contributed by atoms with Crippen LogP contribution in [0.1, 0.15) is 18.9 Å². The molecule has 27 heavy (non-hydrogen) atoms. The molecule has 1 aromatic rings. The van der Waals surface area contributed by atoms with Crippen LogP contribution < -0.4 is 4.74 Å².